The molecule has 0 spiro atoms. The Morgan fingerprint density at radius 3 is 2.72 bits per heavy atom. The summed E-state index contributed by atoms with van der Waals surface area (Å²) in [7, 11) is 1.11. The highest BCUT2D eigenvalue weighted by Gasteiger charge is 2.18. The van der Waals surface area contributed by atoms with Crippen molar-refractivity contribution in [2.75, 3.05) is 19.0 Å². The van der Waals surface area contributed by atoms with Crippen LogP contribution in [0.3, 0.4) is 0 Å². The lowest BCUT2D eigenvalue weighted by Crippen LogP contribution is -2.09. The van der Waals surface area contributed by atoms with Crippen molar-refractivity contribution in [2.45, 2.75) is 13.3 Å². The maximum absolute atomic E-state index is 13.6. The van der Waals surface area contributed by atoms with E-state index in [1.165, 1.54) is 12.1 Å². The molecule has 0 atom stereocenters. The van der Waals surface area contributed by atoms with Crippen molar-refractivity contribution in [2.24, 2.45) is 0 Å². The van der Waals surface area contributed by atoms with Crippen LogP contribution >= 0.6 is 0 Å². The molecule has 5 heteroatoms. The van der Waals surface area contributed by atoms with Gasteiger partial charge in [-0.1, -0.05) is 12.2 Å². The molecule has 1 N–H and O–H groups in total. The smallest absolute Gasteiger partial charge is 0.340 e. The molecule has 0 aliphatic rings. The minimum Gasteiger partial charge on any atom is -0.465 e. The van der Waals surface area contributed by atoms with Crippen molar-refractivity contribution < 1.29 is 18.3 Å². The van der Waals surface area contributed by atoms with Gasteiger partial charge in [-0.2, -0.15) is 0 Å². The first kappa shape index (κ1) is 14.2. The number of carbonyl (C=O) groups excluding carboxylic acids is 1. The number of allylic oxidation sites excluding steroid dienone is 1. The van der Waals surface area contributed by atoms with Crippen LogP contribution in [-0.4, -0.2) is 19.6 Å². The number of nitrogens with one attached hydrogen (secondary N) is 1. The Balaban J connectivity index is 2.84. The van der Waals surface area contributed by atoms with Crippen molar-refractivity contribution in [1.29, 1.82) is 0 Å². The van der Waals surface area contributed by atoms with Crippen LogP contribution in [0.5, 0.6) is 0 Å². The molecule has 0 radical (unpaired) electrons. The van der Waals surface area contributed by atoms with Gasteiger partial charge in [0.1, 0.15) is 0 Å². The van der Waals surface area contributed by atoms with E-state index in [0.717, 1.165) is 7.11 Å². The Morgan fingerprint density at radius 2 is 2.11 bits per heavy atom. The van der Waals surface area contributed by atoms with Crippen LogP contribution in [0.2, 0.25) is 0 Å². The van der Waals surface area contributed by atoms with E-state index in [2.05, 4.69) is 10.1 Å². The van der Waals surface area contributed by atoms with Gasteiger partial charge in [-0.25, -0.2) is 13.6 Å². The molecule has 1 aromatic rings. The summed E-state index contributed by atoms with van der Waals surface area (Å²) in [4.78, 5) is 11.1. The molecule has 0 heterocycles. The van der Waals surface area contributed by atoms with Gasteiger partial charge in [-0.15, -0.1) is 0 Å². The Kier molecular flexibility index (Phi) is 5.30. The number of carbonyl (C=O) groups is 1. The standard InChI is InChI=1S/C13H15F2NO2/c1-3-4-5-8-16-10-7-6-9(13(17)18-2)11(14)12(10)15/h3-4,6-7,16H,5,8H2,1-2H3/b4-3+. The fraction of sp³-hybridized carbons (Fsp3) is 0.308. The zero-order valence-corrected chi connectivity index (χ0v) is 10.3. The monoisotopic (exact) mass is 255 g/mol. The van der Waals surface area contributed by atoms with E-state index in [1.54, 1.807) is 0 Å². The highest BCUT2D eigenvalue weighted by molar-refractivity contribution is 5.90. The van der Waals surface area contributed by atoms with Gasteiger partial charge < -0.3 is 10.1 Å². The number of benzene rings is 1. The second-order valence-corrected chi connectivity index (χ2v) is 3.56. The van der Waals surface area contributed by atoms with Crippen molar-refractivity contribution in [3.63, 3.8) is 0 Å². The number of methoxy groups -OCH3 is 1. The number of hydrogen-bond acceptors (Lipinski definition) is 3. The number of halogens is 2. The number of ether oxygens (including phenoxy) is 1. The quantitative estimate of drug-likeness (QED) is 0.499. The number of rotatable bonds is 5. The van der Waals surface area contributed by atoms with E-state index in [1.807, 2.05) is 19.1 Å². The third kappa shape index (κ3) is 3.29. The molecule has 1 aromatic carbocycles. The summed E-state index contributed by atoms with van der Waals surface area (Å²) < 4.78 is 31.5. The predicted octanol–water partition coefficient (Wildman–Crippen LogP) is 3.13. The minimum absolute atomic E-state index is 0.0321. The first-order valence-corrected chi connectivity index (χ1v) is 5.53. The normalized spacial score (nSPS) is 10.7. The fourth-order valence-electron chi connectivity index (χ4n) is 1.41. The third-order valence-corrected chi connectivity index (χ3v) is 2.35. The molecular weight excluding hydrogens is 240 g/mol. The van der Waals surface area contributed by atoms with Gasteiger partial charge in [-0.3, -0.25) is 0 Å². The molecule has 0 unspecified atom stereocenters. The van der Waals surface area contributed by atoms with Crippen molar-refractivity contribution in [1.82, 2.24) is 0 Å². The molecule has 3 nitrogen and oxygen atoms in total. The summed E-state index contributed by atoms with van der Waals surface area (Å²) in [6.07, 6.45) is 4.49. The van der Waals surface area contributed by atoms with Crippen LogP contribution in [0.15, 0.2) is 24.3 Å². The van der Waals surface area contributed by atoms with E-state index in [0.29, 0.717) is 13.0 Å². The molecule has 0 saturated heterocycles. The Bertz CT molecular complexity index is 459. The first-order chi connectivity index (χ1) is 8.61. The zero-order chi connectivity index (χ0) is 13.5. The van der Waals surface area contributed by atoms with Gasteiger partial charge in [0.2, 0.25) is 0 Å². The molecule has 0 amide bonds. The highest BCUT2D eigenvalue weighted by Crippen LogP contribution is 2.21. The van der Waals surface area contributed by atoms with Gasteiger partial charge in [0.25, 0.3) is 0 Å². The molecule has 18 heavy (non-hydrogen) atoms. The topological polar surface area (TPSA) is 38.3 Å². The summed E-state index contributed by atoms with van der Waals surface area (Å²) in [5, 5.41) is 2.75. The second-order valence-electron chi connectivity index (χ2n) is 3.56. The number of hydrogen-bond donors (Lipinski definition) is 1. The van der Waals surface area contributed by atoms with Gasteiger partial charge in [-0.05, 0) is 25.5 Å². The molecule has 0 saturated carbocycles. The van der Waals surface area contributed by atoms with Crippen molar-refractivity contribution in [3.8, 4) is 0 Å². The van der Waals surface area contributed by atoms with E-state index in [9.17, 15) is 13.6 Å². The molecule has 0 bridgehead atoms. The average Bonchev–Trinajstić information content (AvgIpc) is 2.38. The maximum Gasteiger partial charge on any atom is 0.340 e. The molecular formula is C13H15F2NO2. The second kappa shape index (κ2) is 6.74. The van der Waals surface area contributed by atoms with Crippen molar-refractivity contribution >= 4 is 11.7 Å². The third-order valence-electron chi connectivity index (χ3n) is 2.35. The van der Waals surface area contributed by atoms with Crippen LogP contribution in [0.25, 0.3) is 0 Å². The van der Waals surface area contributed by atoms with Gasteiger partial charge in [0, 0.05) is 6.54 Å². The van der Waals surface area contributed by atoms with Gasteiger partial charge in [0.15, 0.2) is 11.6 Å². The average molecular weight is 255 g/mol. The van der Waals surface area contributed by atoms with Crippen LogP contribution in [0.4, 0.5) is 14.5 Å². The lowest BCUT2D eigenvalue weighted by Gasteiger charge is -2.09. The Morgan fingerprint density at radius 1 is 1.39 bits per heavy atom. The van der Waals surface area contributed by atoms with Crippen LogP contribution < -0.4 is 5.32 Å². The Hall–Kier alpha value is -1.91. The molecule has 0 aliphatic carbocycles. The number of esters is 1. The fourth-order valence-corrected chi connectivity index (χ4v) is 1.41. The first-order valence-electron chi connectivity index (χ1n) is 5.53. The summed E-state index contributed by atoms with van der Waals surface area (Å²) >= 11 is 0. The van der Waals surface area contributed by atoms with Gasteiger partial charge in [0.05, 0.1) is 18.4 Å². The summed E-state index contributed by atoms with van der Waals surface area (Å²) in [6.45, 7) is 2.36. The molecule has 0 aliphatic heterocycles. The Labute approximate surface area is 104 Å². The van der Waals surface area contributed by atoms with Crippen LogP contribution in [0.1, 0.15) is 23.7 Å². The van der Waals surface area contributed by atoms with Gasteiger partial charge >= 0.3 is 5.97 Å². The van der Waals surface area contributed by atoms with Crippen molar-refractivity contribution in [3.05, 3.63) is 41.5 Å². The van der Waals surface area contributed by atoms with E-state index in [4.69, 9.17) is 0 Å². The van der Waals surface area contributed by atoms with E-state index < -0.39 is 23.2 Å². The lowest BCUT2D eigenvalue weighted by molar-refractivity contribution is 0.0594. The summed E-state index contributed by atoms with van der Waals surface area (Å²) in [6, 6.07) is 2.52. The summed E-state index contributed by atoms with van der Waals surface area (Å²) in [5.41, 5.74) is -0.376. The SMILES string of the molecule is C/C=C/CCNc1ccc(C(=O)OC)c(F)c1F. The predicted molar refractivity (Wildman–Crippen MR) is 65.6 cm³/mol. The maximum atomic E-state index is 13.6. The van der Waals surface area contributed by atoms with Crippen LogP contribution in [0, 0.1) is 11.6 Å². The molecule has 1 rings (SSSR count). The minimum atomic E-state index is -1.20. The number of anilines is 1. The largest absolute Gasteiger partial charge is 0.465 e. The molecule has 98 valence electrons. The zero-order valence-electron chi connectivity index (χ0n) is 10.3. The molecule has 0 fully saturated rings. The van der Waals surface area contributed by atoms with E-state index in [-0.39, 0.29) is 5.69 Å². The lowest BCUT2D eigenvalue weighted by atomic mass is 10.1. The highest BCUT2D eigenvalue weighted by atomic mass is 19.2. The molecule has 0 aromatic heterocycles. The van der Waals surface area contributed by atoms with E-state index >= 15 is 0 Å². The van der Waals surface area contributed by atoms with Crippen LogP contribution in [-0.2, 0) is 4.74 Å². The summed E-state index contributed by atoms with van der Waals surface area (Å²) in [5.74, 6) is -3.16.